The van der Waals surface area contributed by atoms with Gasteiger partial charge in [0, 0.05) is 24.4 Å². The van der Waals surface area contributed by atoms with Gasteiger partial charge in [-0.3, -0.25) is 10.2 Å². The van der Waals surface area contributed by atoms with Gasteiger partial charge in [0.1, 0.15) is 6.67 Å². The molecule has 1 heterocycles. The third kappa shape index (κ3) is 3.58. The van der Waals surface area contributed by atoms with Crippen LogP contribution in [0, 0.1) is 5.41 Å². The molecule has 0 radical (unpaired) electrons. The summed E-state index contributed by atoms with van der Waals surface area (Å²) in [6.45, 7) is 0.146. The number of hydrogen-bond donors (Lipinski definition) is 4. The Labute approximate surface area is 137 Å². The maximum atomic E-state index is 12.8. The molecule has 1 atom stereocenters. The minimum atomic E-state index is -0.764. The molecule has 1 fully saturated rings. The van der Waals surface area contributed by atoms with Crippen LogP contribution in [-0.4, -0.2) is 37.4 Å². The minimum Gasteiger partial charge on any atom is -0.380 e. The number of amides is 1. The highest BCUT2D eigenvalue weighted by atomic mass is 35.5. The summed E-state index contributed by atoms with van der Waals surface area (Å²) < 4.78 is 12.8. The van der Waals surface area contributed by atoms with Crippen molar-refractivity contribution >= 4 is 34.8 Å². The van der Waals surface area contributed by atoms with Gasteiger partial charge in [-0.2, -0.15) is 0 Å². The van der Waals surface area contributed by atoms with E-state index in [1.54, 1.807) is 6.07 Å². The van der Waals surface area contributed by atoms with Crippen LogP contribution in [0.15, 0.2) is 29.5 Å². The summed E-state index contributed by atoms with van der Waals surface area (Å²) in [5.41, 5.74) is 6.12. The molecule has 5 N–H and O–H groups in total. The molecule has 1 unspecified atom stereocenters. The summed E-state index contributed by atoms with van der Waals surface area (Å²) in [5, 5.41) is 14.7. The first-order valence-corrected chi connectivity index (χ1v) is 7.30. The number of carbonyl (C=O) groups is 1. The van der Waals surface area contributed by atoms with Gasteiger partial charge in [0.05, 0.1) is 27.4 Å². The van der Waals surface area contributed by atoms with Crippen LogP contribution in [0.1, 0.15) is 5.56 Å². The van der Waals surface area contributed by atoms with E-state index in [1.807, 2.05) is 0 Å². The van der Waals surface area contributed by atoms with Gasteiger partial charge >= 0.3 is 0 Å². The molecular weight excluding hydrogens is 330 g/mol. The van der Waals surface area contributed by atoms with Crippen molar-refractivity contribution < 1.29 is 9.18 Å². The lowest BCUT2D eigenvalue weighted by Gasteiger charge is -2.27. The third-order valence-electron chi connectivity index (χ3n) is 3.26. The summed E-state index contributed by atoms with van der Waals surface area (Å²) in [4.78, 5) is 11.8. The van der Waals surface area contributed by atoms with Crippen LogP contribution >= 0.6 is 23.2 Å². The Morgan fingerprint density at radius 3 is 2.73 bits per heavy atom. The molecule has 1 saturated heterocycles. The van der Waals surface area contributed by atoms with Gasteiger partial charge in [-0.05, 0) is 12.1 Å². The number of benzene rings is 1. The van der Waals surface area contributed by atoms with Crippen molar-refractivity contribution in [2.75, 3.05) is 19.8 Å². The Balaban J connectivity index is 2.40. The summed E-state index contributed by atoms with van der Waals surface area (Å²) in [7, 11) is 0. The van der Waals surface area contributed by atoms with Crippen LogP contribution in [-0.2, 0) is 4.79 Å². The molecule has 5 nitrogen and oxygen atoms in total. The number of halogens is 3. The second-order valence-electron chi connectivity index (χ2n) is 4.85. The molecule has 0 saturated carbocycles. The zero-order chi connectivity index (χ0) is 16.3. The van der Waals surface area contributed by atoms with E-state index < -0.39 is 18.6 Å². The van der Waals surface area contributed by atoms with E-state index in [0.29, 0.717) is 29.4 Å². The Kier molecular flexibility index (Phi) is 5.39. The normalized spacial score (nSPS) is 20.2. The molecule has 22 heavy (non-hydrogen) atoms. The number of nitrogens with two attached hydrogens (primary N) is 1. The van der Waals surface area contributed by atoms with E-state index >= 15 is 0 Å². The van der Waals surface area contributed by atoms with Crippen molar-refractivity contribution in [3.63, 3.8) is 0 Å². The van der Waals surface area contributed by atoms with E-state index in [0.717, 1.165) is 0 Å². The van der Waals surface area contributed by atoms with Gasteiger partial charge in [-0.25, -0.2) is 4.39 Å². The van der Waals surface area contributed by atoms with Crippen LogP contribution < -0.4 is 16.4 Å². The van der Waals surface area contributed by atoms with E-state index in [9.17, 15) is 9.18 Å². The van der Waals surface area contributed by atoms with Crippen molar-refractivity contribution in [2.45, 2.75) is 6.04 Å². The summed E-state index contributed by atoms with van der Waals surface area (Å²) in [6.07, 6.45) is 0. The molecule has 0 aliphatic carbocycles. The minimum absolute atomic E-state index is 0.00374. The third-order valence-corrected chi connectivity index (χ3v) is 4.00. The lowest BCUT2D eigenvalue weighted by Crippen LogP contribution is -2.49. The number of hydrogen-bond acceptors (Lipinski definition) is 4. The van der Waals surface area contributed by atoms with Gasteiger partial charge in [-0.1, -0.05) is 29.3 Å². The first-order chi connectivity index (χ1) is 10.4. The second-order valence-corrected chi connectivity index (χ2v) is 5.66. The highest BCUT2D eigenvalue weighted by Gasteiger charge is 2.24. The van der Waals surface area contributed by atoms with Crippen LogP contribution in [0.2, 0.25) is 10.0 Å². The first-order valence-electron chi connectivity index (χ1n) is 6.54. The van der Waals surface area contributed by atoms with E-state index in [2.05, 4.69) is 10.6 Å². The number of alkyl halides is 1. The zero-order valence-corrected chi connectivity index (χ0v) is 13.1. The van der Waals surface area contributed by atoms with Gasteiger partial charge in [-0.15, -0.1) is 0 Å². The fourth-order valence-corrected chi connectivity index (χ4v) is 2.49. The number of carbonyl (C=O) groups excluding carboxylic acids is 1. The average Bonchev–Trinajstić information content (AvgIpc) is 2.50. The first kappa shape index (κ1) is 16.7. The van der Waals surface area contributed by atoms with Crippen molar-refractivity contribution in [1.82, 2.24) is 10.6 Å². The van der Waals surface area contributed by atoms with E-state index in [4.69, 9.17) is 34.3 Å². The SMILES string of the molecule is N=C(/C(C(N)=O)=C1/CNCC(CF)N1)c1ccc(Cl)c(Cl)c1. The van der Waals surface area contributed by atoms with Gasteiger partial charge in [0.2, 0.25) is 0 Å². The molecule has 1 aliphatic heterocycles. The molecule has 1 aromatic carbocycles. The number of nitrogens with one attached hydrogen (secondary N) is 3. The van der Waals surface area contributed by atoms with E-state index in [1.165, 1.54) is 12.1 Å². The Morgan fingerprint density at radius 1 is 1.41 bits per heavy atom. The van der Waals surface area contributed by atoms with Crippen molar-refractivity contribution in [3.05, 3.63) is 45.1 Å². The average molecular weight is 345 g/mol. The second kappa shape index (κ2) is 7.09. The Bertz CT molecular complexity index is 648. The lowest BCUT2D eigenvalue weighted by atomic mass is 9.98. The van der Waals surface area contributed by atoms with Gasteiger partial charge in [0.25, 0.3) is 5.91 Å². The number of primary amides is 1. The van der Waals surface area contributed by atoms with Crippen LogP contribution in [0.25, 0.3) is 0 Å². The summed E-state index contributed by atoms with van der Waals surface area (Å²) >= 11 is 11.8. The molecule has 0 bridgehead atoms. The predicted octanol–water partition coefficient (Wildman–Crippen LogP) is 1.63. The molecule has 1 amide bonds. The molecule has 1 aliphatic rings. The smallest absolute Gasteiger partial charge is 0.252 e. The quantitative estimate of drug-likeness (QED) is 0.494. The molecule has 1 aromatic rings. The van der Waals surface area contributed by atoms with E-state index in [-0.39, 0.29) is 16.3 Å². The highest BCUT2D eigenvalue weighted by Crippen LogP contribution is 2.24. The zero-order valence-electron chi connectivity index (χ0n) is 11.6. The molecule has 0 spiro atoms. The van der Waals surface area contributed by atoms with Gasteiger partial charge in [0.15, 0.2) is 0 Å². The molecule has 0 aromatic heterocycles. The Hall–Kier alpha value is -1.63. The number of piperazine rings is 1. The maximum Gasteiger partial charge on any atom is 0.252 e. The summed E-state index contributed by atoms with van der Waals surface area (Å²) in [6, 6.07) is 4.13. The fourth-order valence-electron chi connectivity index (χ4n) is 2.19. The Morgan fingerprint density at radius 2 is 2.14 bits per heavy atom. The lowest BCUT2D eigenvalue weighted by molar-refractivity contribution is -0.114. The van der Waals surface area contributed by atoms with Crippen molar-refractivity contribution in [2.24, 2.45) is 5.73 Å². The maximum absolute atomic E-state index is 12.8. The highest BCUT2D eigenvalue weighted by molar-refractivity contribution is 6.42. The van der Waals surface area contributed by atoms with Gasteiger partial charge < -0.3 is 16.4 Å². The van der Waals surface area contributed by atoms with Crippen molar-refractivity contribution in [3.8, 4) is 0 Å². The predicted molar refractivity (Wildman–Crippen MR) is 85.3 cm³/mol. The van der Waals surface area contributed by atoms with Crippen LogP contribution in [0.3, 0.4) is 0 Å². The molecular formula is C14H15Cl2FN4O. The molecule has 118 valence electrons. The standard InChI is InChI=1S/C14H15Cl2FN4O/c15-9-2-1-7(3-10(9)16)13(18)12(14(19)22)11-6-20-5-8(4-17)21-11/h1-3,8,18,20-21H,4-6H2,(H2,19,22)/b12-11+,18-13?. The van der Waals surface area contributed by atoms with Crippen LogP contribution in [0.4, 0.5) is 4.39 Å². The molecule has 8 heteroatoms. The fraction of sp³-hybridized carbons (Fsp3) is 0.286. The topological polar surface area (TPSA) is 91.0 Å². The number of rotatable bonds is 4. The molecule has 2 rings (SSSR count). The van der Waals surface area contributed by atoms with Crippen molar-refractivity contribution in [1.29, 1.82) is 5.41 Å². The monoisotopic (exact) mass is 344 g/mol. The summed E-state index contributed by atoms with van der Waals surface area (Å²) in [5.74, 6) is -0.764. The largest absolute Gasteiger partial charge is 0.380 e. The van der Waals surface area contributed by atoms with Crippen LogP contribution in [0.5, 0.6) is 0 Å².